The third-order valence-corrected chi connectivity index (χ3v) is 6.22. The summed E-state index contributed by atoms with van der Waals surface area (Å²) in [5, 5.41) is 19.0. The molecular weight excluding hydrogens is 522 g/mol. The molecule has 9 nitrogen and oxygen atoms in total. The van der Waals surface area contributed by atoms with Gasteiger partial charge in [-0.2, -0.15) is 13.5 Å². The lowest BCUT2D eigenvalue weighted by molar-refractivity contribution is -0.384. The zero-order chi connectivity index (χ0) is 25.6. The number of non-ortho nitro benzene ring substituents is 1. The summed E-state index contributed by atoms with van der Waals surface area (Å²) < 4.78 is 40.4. The van der Waals surface area contributed by atoms with Gasteiger partial charge in [0.15, 0.2) is 0 Å². The largest absolute Gasteiger partial charge is 0.492 e. The van der Waals surface area contributed by atoms with Gasteiger partial charge < -0.3 is 9.64 Å². The number of nitrogens with zero attached hydrogens (tertiary/aromatic N) is 4. The van der Waals surface area contributed by atoms with Gasteiger partial charge in [-0.25, -0.2) is 0 Å². The number of benzene rings is 3. The van der Waals surface area contributed by atoms with E-state index in [0.29, 0.717) is 31.1 Å². The van der Waals surface area contributed by atoms with E-state index in [0.717, 1.165) is 30.0 Å². The van der Waals surface area contributed by atoms with Crippen LogP contribution >= 0.6 is 23.2 Å². The molecule has 0 bridgehead atoms. The van der Waals surface area contributed by atoms with E-state index in [9.17, 15) is 22.4 Å². The summed E-state index contributed by atoms with van der Waals surface area (Å²) in [5.74, 6) is 0.424. The van der Waals surface area contributed by atoms with Gasteiger partial charge in [0.1, 0.15) is 18.0 Å². The van der Waals surface area contributed by atoms with E-state index in [1.807, 2.05) is 24.0 Å². The predicted molar refractivity (Wildman–Crippen MR) is 132 cm³/mol. The summed E-state index contributed by atoms with van der Waals surface area (Å²) in [6, 6.07) is 14.6. The lowest BCUT2D eigenvalue weighted by atomic mass is 10.2. The Bertz CT molecular complexity index is 1310. The molecule has 13 heteroatoms. The third kappa shape index (κ3) is 7.10. The molecule has 0 fully saturated rings. The van der Waals surface area contributed by atoms with Crippen LogP contribution in [0.3, 0.4) is 0 Å². The van der Waals surface area contributed by atoms with Crippen LogP contribution in [0.15, 0.2) is 75.8 Å². The molecule has 0 N–H and O–H groups in total. The van der Waals surface area contributed by atoms with E-state index in [-0.39, 0.29) is 21.4 Å². The van der Waals surface area contributed by atoms with Crippen molar-refractivity contribution in [3.8, 4) is 5.75 Å². The van der Waals surface area contributed by atoms with Crippen molar-refractivity contribution in [1.29, 1.82) is 0 Å². The molecule has 0 unspecified atom stereocenters. The van der Waals surface area contributed by atoms with E-state index < -0.39 is 20.0 Å². The number of nitro groups is 1. The molecule has 0 spiro atoms. The summed E-state index contributed by atoms with van der Waals surface area (Å²) in [7, 11) is -4.74. The standard InChI is InChI=1S/C22H19Cl2FN4O5S/c1-2-28(11-12-34-18-7-9-19(10-8-18)35(25,32)33)16-5-3-15(4-6-16)26-27-22-20(23)13-17(29(30)31)14-21(22)24/h3-10,13-14H,2,11-12H2,1H3. The molecule has 0 saturated carbocycles. The molecule has 184 valence electrons. The average Bonchev–Trinajstić information content (AvgIpc) is 2.81. The second-order valence-electron chi connectivity index (χ2n) is 7.07. The first-order valence-corrected chi connectivity index (χ1v) is 12.3. The fraction of sp³-hybridized carbons (Fsp3) is 0.182. The van der Waals surface area contributed by atoms with Gasteiger partial charge in [-0.15, -0.1) is 9.00 Å². The number of anilines is 1. The molecule has 0 atom stereocenters. The predicted octanol–water partition coefficient (Wildman–Crippen LogP) is 6.88. The summed E-state index contributed by atoms with van der Waals surface area (Å²) in [5.41, 5.74) is 1.32. The van der Waals surface area contributed by atoms with Crippen LogP contribution in [0.1, 0.15) is 6.92 Å². The van der Waals surface area contributed by atoms with Gasteiger partial charge >= 0.3 is 10.2 Å². The maximum Gasteiger partial charge on any atom is 0.332 e. The van der Waals surface area contributed by atoms with Gasteiger partial charge in [0.2, 0.25) is 0 Å². The number of hydrogen-bond donors (Lipinski definition) is 0. The van der Waals surface area contributed by atoms with Gasteiger partial charge in [0, 0.05) is 24.4 Å². The highest BCUT2D eigenvalue weighted by atomic mass is 35.5. The van der Waals surface area contributed by atoms with Gasteiger partial charge in [-0.05, 0) is 55.5 Å². The van der Waals surface area contributed by atoms with Gasteiger partial charge in [0.05, 0.1) is 32.1 Å². The van der Waals surface area contributed by atoms with Crippen LogP contribution in [0.2, 0.25) is 10.0 Å². The highest BCUT2D eigenvalue weighted by Crippen LogP contribution is 2.37. The Kier molecular flexibility index (Phi) is 8.60. The van der Waals surface area contributed by atoms with E-state index in [1.54, 1.807) is 12.1 Å². The van der Waals surface area contributed by atoms with Crippen LogP contribution < -0.4 is 9.64 Å². The average molecular weight is 541 g/mol. The fourth-order valence-corrected chi connectivity index (χ4v) is 4.05. The van der Waals surface area contributed by atoms with Crippen molar-refractivity contribution in [3.05, 3.63) is 80.8 Å². The molecule has 3 aromatic carbocycles. The van der Waals surface area contributed by atoms with Crippen molar-refractivity contribution in [1.82, 2.24) is 0 Å². The van der Waals surface area contributed by atoms with Gasteiger partial charge in [-0.1, -0.05) is 23.2 Å². The summed E-state index contributed by atoms with van der Waals surface area (Å²) >= 11 is 12.1. The number of hydrogen-bond acceptors (Lipinski definition) is 8. The minimum Gasteiger partial charge on any atom is -0.492 e. The monoisotopic (exact) mass is 540 g/mol. The van der Waals surface area contributed by atoms with E-state index >= 15 is 0 Å². The summed E-state index contributed by atoms with van der Waals surface area (Å²) in [6.07, 6.45) is 0. The number of halogens is 3. The minimum absolute atomic E-state index is 0.0164. The first-order chi connectivity index (χ1) is 16.6. The van der Waals surface area contributed by atoms with E-state index in [2.05, 4.69) is 10.2 Å². The maximum absolute atomic E-state index is 13.0. The number of nitro benzene ring substituents is 1. The minimum atomic E-state index is -4.74. The Morgan fingerprint density at radius 3 is 2.14 bits per heavy atom. The van der Waals surface area contributed by atoms with Crippen LogP contribution in [0.25, 0.3) is 0 Å². The molecule has 0 saturated heterocycles. The summed E-state index contributed by atoms with van der Waals surface area (Å²) in [4.78, 5) is 11.9. The van der Waals surface area contributed by atoms with Crippen molar-refractivity contribution in [2.24, 2.45) is 10.2 Å². The zero-order valence-electron chi connectivity index (χ0n) is 18.3. The molecule has 0 heterocycles. The highest BCUT2D eigenvalue weighted by molar-refractivity contribution is 7.86. The van der Waals surface area contributed by atoms with Crippen molar-refractivity contribution in [3.63, 3.8) is 0 Å². The molecule has 0 radical (unpaired) electrons. The summed E-state index contributed by atoms with van der Waals surface area (Å²) in [6.45, 7) is 3.52. The fourth-order valence-electron chi connectivity index (χ4n) is 3.03. The SMILES string of the molecule is CCN(CCOc1ccc(S(=O)(=O)F)cc1)c1ccc(N=Nc2c(Cl)cc([N+](=O)[O-])cc2Cl)cc1. The first kappa shape index (κ1) is 26.3. The zero-order valence-corrected chi connectivity index (χ0v) is 20.6. The number of rotatable bonds is 10. The molecule has 35 heavy (non-hydrogen) atoms. The lowest BCUT2D eigenvalue weighted by Gasteiger charge is -2.23. The number of likely N-dealkylation sites (N-methyl/N-ethyl adjacent to an activating group) is 1. The van der Waals surface area contributed by atoms with Crippen molar-refractivity contribution in [2.45, 2.75) is 11.8 Å². The molecule has 0 amide bonds. The van der Waals surface area contributed by atoms with Crippen molar-refractivity contribution >= 4 is 56.2 Å². The van der Waals surface area contributed by atoms with Crippen LogP contribution in [0, 0.1) is 10.1 Å². The topological polar surface area (TPSA) is 114 Å². The normalized spacial score (nSPS) is 11.5. The van der Waals surface area contributed by atoms with Crippen molar-refractivity contribution in [2.75, 3.05) is 24.6 Å². The van der Waals surface area contributed by atoms with Crippen molar-refractivity contribution < 1.29 is 22.0 Å². The van der Waals surface area contributed by atoms with Crippen LogP contribution in [0.5, 0.6) is 5.75 Å². The van der Waals surface area contributed by atoms with Gasteiger partial charge in [0.25, 0.3) is 5.69 Å². The van der Waals surface area contributed by atoms with Crippen LogP contribution in [-0.4, -0.2) is 33.0 Å². The van der Waals surface area contributed by atoms with Crippen LogP contribution in [0.4, 0.5) is 26.6 Å². The Balaban J connectivity index is 1.61. The lowest BCUT2D eigenvalue weighted by Crippen LogP contribution is -2.27. The smallest absolute Gasteiger partial charge is 0.332 e. The molecular formula is C22H19Cl2FN4O5S. The van der Waals surface area contributed by atoms with Crippen LogP contribution in [-0.2, 0) is 10.2 Å². The Labute approximate surface area is 211 Å². The highest BCUT2D eigenvalue weighted by Gasteiger charge is 2.15. The first-order valence-electron chi connectivity index (χ1n) is 10.2. The molecule has 3 aromatic rings. The Morgan fingerprint density at radius 2 is 1.63 bits per heavy atom. The molecule has 0 aromatic heterocycles. The molecule has 0 aliphatic rings. The van der Waals surface area contributed by atoms with E-state index in [4.69, 9.17) is 27.9 Å². The maximum atomic E-state index is 13.0. The van der Waals surface area contributed by atoms with Gasteiger partial charge in [-0.3, -0.25) is 10.1 Å². The number of ether oxygens (including phenoxy) is 1. The second-order valence-corrected chi connectivity index (χ2v) is 9.23. The third-order valence-electron chi connectivity index (χ3n) is 4.81. The van der Waals surface area contributed by atoms with E-state index in [1.165, 1.54) is 12.1 Å². The number of azo groups is 1. The Morgan fingerprint density at radius 1 is 1.03 bits per heavy atom. The second kappa shape index (κ2) is 11.4. The quantitative estimate of drug-likeness (QED) is 0.120. The Hall–Kier alpha value is -3.28. The molecule has 0 aliphatic heterocycles. The molecule has 0 aliphatic carbocycles. The molecule has 3 rings (SSSR count).